The fraction of sp³-hybridized carbons (Fsp3) is 0.462. The lowest BCUT2D eigenvalue weighted by Crippen LogP contribution is -2.21. The molecular weight excluding hydrogens is 376 g/mol. The SMILES string of the molecule is CCC(CN)CC(=O)Nc1cc(OC)c(Br)cc1Br. The summed E-state index contributed by atoms with van der Waals surface area (Å²) in [6.07, 6.45) is 1.33. The van der Waals surface area contributed by atoms with E-state index in [1.54, 1.807) is 13.2 Å². The van der Waals surface area contributed by atoms with Gasteiger partial charge < -0.3 is 15.8 Å². The van der Waals surface area contributed by atoms with Gasteiger partial charge in [-0.1, -0.05) is 13.3 Å². The highest BCUT2D eigenvalue weighted by molar-refractivity contribution is 9.11. The van der Waals surface area contributed by atoms with Gasteiger partial charge in [-0.25, -0.2) is 0 Å². The van der Waals surface area contributed by atoms with Gasteiger partial charge in [0.2, 0.25) is 5.91 Å². The van der Waals surface area contributed by atoms with Crippen LogP contribution in [0, 0.1) is 5.92 Å². The molecule has 0 bridgehead atoms. The van der Waals surface area contributed by atoms with E-state index in [9.17, 15) is 4.79 Å². The van der Waals surface area contributed by atoms with Crippen LogP contribution in [0.25, 0.3) is 0 Å². The van der Waals surface area contributed by atoms with Gasteiger partial charge in [-0.3, -0.25) is 4.79 Å². The van der Waals surface area contributed by atoms with E-state index in [0.717, 1.165) is 15.4 Å². The van der Waals surface area contributed by atoms with Gasteiger partial charge in [0.25, 0.3) is 0 Å². The number of anilines is 1. The average molecular weight is 394 g/mol. The normalized spacial score (nSPS) is 12.1. The van der Waals surface area contributed by atoms with Crippen LogP contribution in [0.3, 0.4) is 0 Å². The number of amides is 1. The summed E-state index contributed by atoms with van der Waals surface area (Å²) >= 11 is 6.80. The highest BCUT2D eigenvalue weighted by atomic mass is 79.9. The molecule has 0 spiro atoms. The Kier molecular flexibility index (Phi) is 6.82. The molecule has 0 aromatic heterocycles. The van der Waals surface area contributed by atoms with Crippen LogP contribution in [0.5, 0.6) is 5.75 Å². The van der Waals surface area contributed by atoms with Crippen molar-refractivity contribution < 1.29 is 9.53 Å². The molecule has 19 heavy (non-hydrogen) atoms. The molecule has 0 heterocycles. The van der Waals surface area contributed by atoms with Crippen LogP contribution >= 0.6 is 31.9 Å². The van der Waals surface area contributed by atoms with Crippen molar-refractivity contribution >= 4 is 43.5 Å². The van der Waals surface area contributed by atoms with Crippen molar-refractivity contribution in [3.63, 3.8) is 0 Å². The maximum atomic E-state index is 11.9. The Morgan fingerprint density at radius 1 is 1.42 bits per heavy atom. The third-order valence-corrected chi connectivity index (χ3v) is 4.18. The third-order valence-electron chi connectivity index (χ3n) is 2.90. The Hall–Kier alpha value is -0.590. The second-order valence-electron chi connectivity index (χ2n) is 4.23. The van der Waals surface area contributed by atoms with E-state index < -0.39 is 0 Å². The quantitative estimate of drug-likeness (QED) is 0.776. The van der Waals surface area contributed by atoms with Gasteiger partial charge in [0.15, 0.2) is 0 Å². The predicted molar refractivity (Wildman–Crippen MR) is 84.5 cm³/mol. The van der Waals surface area contributed by atoms with Gasteiger partial charge in [0, 0.05) is 17.0 Å². The molecule has 6 heteroatoms. The maximum Gasteiger partial charge on any atom is 0.224 e. The van der Waals surface area contributed by atoms with E-state index in [1.807, 2.05) is 13.0 Å². The highest BCUT2D eigenvalue weighted by Gasteiger charge is 2.13. The summed E-state index contributed by atoms with van der Waals surface area (Å²) < 4.78 is 6.83. The number of rotatable bonds is 6. The Labute approximate surface area is 130 Å². The van der Waals surface area contributed by atoms with Crippen molar-refractivity contribution in [1.82, 2.24) is 0 Å². The first-order chi connectivity index (χ1) is 9.01. The standard InChI is InChI=1S/C13H18Br2N2O2/c1-3-8(7-16)4-13(18)17-11-6-12(19-2)10(15)5-9(11)14/h5-6,8H,3-4,7,16H2,1-2H3,(H,17,18). The summed E-state index contributed by atoms with van der Waals surface area (Å²) in [7, 11) is 1.58. The number of nitrogens with one attached hydrogen (secondary N) is 1. The molecule has 0 saturated carbocycles. The van der Waals surface area contributed by atoms with E-state index in [1.165, 1.54) is 0 Å². The van der Waals surface area contributed by atoms with E-state index >= 15 is 0 Å². The molecule has 1 atom stereocenters. The van der Waals surface area contributed by atoms with Gasteiger partial charge >= 0.3 is 0 Å². The first-order valence-corrected chi connectivity index (χ1v) is 7.63. The summed E-state index contributed by atoms with van der Waals surface area (Å²) in [5.74, 6) is 0.850. The summed E-state index contributed by atoms with van der Waals surface area (Å²) in [5.41, 5.74) is 6.30. The number of hydrogen-bond donors (Lipinski definition) is 2. The molecule has 0 radical (unpaired) electrons. The zero-order valence-electron chi connectivity index (χ0n) is 11.0. The molecule has 1 amide bonds. The number of carbonyl (C=O) groups excluding carboxylic acids is 1. The molecule has 0 aliphatic heterocycles. The van der Waals surface area contributed by atoms with Crippen molar-refractivity contribution in [2.75, 3.05) is 19.0 Å². The summed E-state index contributed by atoms with van der Waals surface area (Å²) in [4.78, 5) is 11.9. The molecule has 0 aliphatic rings. The van der Waals surface area contributed by atoms with Gasteiger partial charge in [-0.05, 0) is 50.4 Å². The van der Waals surface area contributed by atoms with E-state index in [4.69, 9.17) is 10.5 Å². The zero-order valence-corrected chi connectivity index (χ0v) is 14.2. The number of nitrogens with two attached hydrogens (primary N) is 1. The number of benzene rings is 1. The number of carbonyl (C=O) groups is 1. The molecule has 0 fully saturated rings. The topological polar surface area (TPSA) is 64.4 Å². The van der Waals surface area contributed by atoms with Crippen LogP contribution < -0.4 is 15.8 Å². The minimum atomic E-state index is -0.0395. The smallest absolute Gasteiger partial charge is 0.224 e. The third kappa shape index (κ3) is 4.78. The van der Waals surface area contributed by atoms with Crippen molar-refractivity contribution in [3.8, 4) is 5.75 Å². The summed E-state index contributed by atoms with van der Waals surface area (Å²) in [5, 5.41) is 2.87. The average Bonchev–Trinajstić information content (AvgIpc) is 2.39. The molecule has 0 aliphatic carbocycles. The number of ether oxygens (including phenoxy) is 1. The van der Waals surface area contributed by atoms with Gasteiger partial charge in [0.1, 0.15) is 5.75 Å². The fourth-order valence-corrected chi connectivity index (χ4v) is 2.89. The number of methoxy groups -OCH3 is 1. The highest BCUT2D eigenvalue weighted by Crippen LogP contribution is 2.34. The molecule has 1 unspecified atom stereocenters. The second kappa shape index (κ2) is 7.87. The van der Waals surface area contributed by atoms with Gasteiger partial charge in [-0.2, -0.15) is 0 Å². The number of hydrogen-bond acceptors (Lipinski definition) is 3. The fourth-order valence-electron chi connectivity index (χ4n) is 1.64. The predicted octanol–water partition coefficient (Wildman–Crippen LogP) is 3.53. The van der Waals surface area contributed by atoms with Crippen molar-refractivity contribution in [2.45, 2.75) is 19.8 Å². The first-order valence-electron chi connectivity index (χ1n) is 6.04. The van der Waals surface area contributed by atoms with Crippen LogP contribution in [0.4, 0.5) is 5.69 Å². The van der Waals surface area contributed by atoms with Crippen LogP contribution in [-0.2, 0) is 4.79 Å². The van der Waals surface area contributed by atoms with Gasteiger partial charge in [-0.15, -0.1) is 0 Å². The molecule has 1 rings (SSSR count). The Bertz CT molecular complexity index is 449. The summed E-state index contributed by atoms with van der Waals surface area (Å²) in [6, 6.07) is 3.62. The Morgan fingerprint density at radius 3 is 2.63 bits per heavy atom. The lowest BCUT2D eigenvalue weighted by atomic mass is 10.0. The minimum Gasteiger partial charge on any atom is -0.495 e. The molecule has 3 N–H and O–H groups in total. The first kappa shape index (κ1) is 16.5. The lowest BCUT2D eigenvalue weighted by molar-refractivity contribution is -0.117. The zero-order chi connectivity index (χ0) is 14.4. The Balaban J connectivity index is 2.79. The second-order valence-corrected chi connectivity index (χ2v) is 5.94. The molecule has 1 aromatic carbocycles. The largest absolute Gasteiger partial charge is 0.495 e. The van der Waals surface area contributed by atoms with Crippen molar-refractivity contribution in [3.05, 3.63) is 21.1 Å². The number of halogens is 2. The van der Waals surface area contributed by atoms with Gasteiger partial charge in [0.05, 0.1) is 17.3 Å². The molecule has 0 saturated heterocycles. The van der Waals surface area contributed by atoms with Crippen LogP contribution in [0.1, 0.15) is 19.8 Å². The van der Waals surface area contributed by atoms with Crippen molar-refractivity contribution in [1.29, 1.82) is 0 Å². The molecule has 1 aromatic rings. The van der Waals surface area contributed by atoms with E-state index in [0.29, 0.717) is 24.4 Å². The molecular formula is C13H18Br2N2O2. The van der Waals surface area contributed by atoms with E-state index in [2.05, 4.69) is 37.2 Å². The monoisotopic (exact) mass is 392 g/mol. The molecule has 106 valence electrons. The minimum absolute atomic E-state index is 0.0395. The molecule has 4 nitrogen and oxygen atoms in total. The lowest BCUT2D eigenvalue weighted by Gasteiger charge is -2.14. The van der Waals surface area contributed by atoms with Crippen LogP contribution in [-0.4, -0.2) is 19.6 Å². The van der Waals surface area contributed by atoms with E-state index in [-0.39, 0.29) is 11.8 Å². The van der Waals surface area contributed by atoms with Crippen LogP contribution in [0.2, 0.25) is 0 Å². The maximum absolute atomic E-state index is 11.9. The Morgan fingerprint density at radius 2 is 2.11 bits per heavy atom. The van der Waals surface area contributed by atoms with Crippen molar-refractivity contribution in [2.24, 2.45) is 11.7 Å². The summed E-state index contributed by atoms with van der Waals surface area (Å²) in [6.45, 7) is 2.55. The van der Waals surface area contributed by atoms with Crippen LogP contribution in [0.15, 0.2) is 21.1 Å².